The number of hydrazine groups is 1. The second-order valence-electron chi connectivity index (χ2n) is 8.32. The molecule has 2 rings (SSSR count). The van der Waals surface area contributed by atoms with Crippen molar-refractivity contribution in [2.24, 2.45) is 11.7 Å². The molecule has 4 amide bonds. The number of carboxylic acid groups (broad SMARTS) is 1. The average molecular weight is 505 g/mol. The summed E-state index contributed by atoms with van der Waals surface area (Å²) in [6.45, 7) is 4.38. The van der Waals surface area contributed by atoms with Gasteiger partial charge in [-0.05, 0) is 35.7 Å². The van der Waals surface area contributed by atoms with Gasteiger partial charge < -0.3 is 10.8 Å². The Hall–Kier alpha value is -3.50. The summed E-state index contributed by atoms with van der Waals surface area (Å²) in [5, 5.41) is 11.3. The highest BCUT2D eigenvalue weighted by Crippen LogP contribution is 2.19. The van der Waals surface area contributed by atoms with Gasteiger partial charge in [-0.3, -0.25) is 39.3 Å². The van der Waals surface area contributed by atoms with Gasteiger partial charge in [-0.1, -0.05) is 44.2 Å². The van der Waals surface area contributed by atoms with Crippen molar-refractivity contribution in [1.29, 1.82) is 0 Å². The molecule has 0 bridgehead atoms. The van der Waals surface area contributed by atoms with E-state index in [0.717, 1.165) is 20.7 Å². The molecule has 0 heterocycles. The zero-order valence-electron chi connectivity index (χ0n) is 19.7. The summed E-state index contributed by atoms with van der Waals surface area (Å²) in [4.78, 5) is 63.5. The molecule has 10 nitrogen and oxygen atoms in total. The molecular weight excluding hydrogens is 476 g/mol. The molecule has 2 atom stereocenters. The summed E-state index contributed by atoms with van der Waals surface area (Å²) >= 11 is 5.57. The van der Waals surface area contributed by atoms with Gasteiger partial charge in [0.1, 0.15) is 11.9 Å². The molecule has 2 unspecified atom stereocenters. The highest BCUT2D eigenvalue weighted by atomic mass is 35.5. The SMILES string of the molecule is CC(C)C(N)C(=O)N(C(=O)c1ccc2ccccc2c1)C(C)C(=O)NN(CCC(=O)O)C(=O)CCl. The van der Waals surface area contributed by atoms with Crippen molar-refractivity contribution in [3.8, 4) is 0 Å². The van der Waals surface area contributed by atoms with Crippen LogP contribution in [0, 0.1) is 5.92 Å². The molecule has 2 aromatic rings. The van der Waals surface area contributed by atoms with Gasteiger partial charge in [0.2, 0.25) is 5.91 Å². The first kappa shape index (κ1) is 27.7. The number of fused-ring (bicyclic) bond motifs is 1. The largest absolute Gasteiger partial charge is 0.481 e. The molecular formula is C24H29ClN4O6. The van der Waals surface area contributed by atoms with E-state index in [1.165, 1.54) is 6.92 Å². The number of nitrogens with zero attached hydrogens (tertiary/aromatic N) is 2. The number of benzene rings is 2. The van der Waals surface area contributed by atoms with Gasteiger partial charge in [-0.2, -0.15) is 0 Å². The van der Waals surface area contributed by atoms with Crippen LogP contribution in [0.4, 0.5) is 0 Å². The zero-order chi connectivity index (χ0) is 26.3. The molecule has 4 N–H and O–H groups in total. The van der Waals surface area contributed by atoms with Crippen molar-refractivity contribution in [1.82, 2.24) is 15.3 Å². The van der Waals surface area contributed by atoms with Gasteiger partial charge >= 0.3 is 5.97 Å². The highest BCUT2D eigenvalue weighted by molar-refractivity contribution is 6.27. The fraction of sp³-hybridized carbons (Fsp3) is 0.375. The molecule has 0 saturated heterocycles. The van der Waals surface area contributed by atoms with E-state index in [9.17, 15) is 24.0 Å². The number of imide groups is 1. The average Bonchev–Trinajstić information content (AvgIpc) is 2.84. The summed E-state index contributed by atoms with van der Waals surface area (Å²) in [6.07, 6.45) is -0.450. The number of alkyl halides is 1. The summed E-state index contributed by atoms with van der Waals surface area (Å²) in [5.74, 6) is -5.15. The lowest BCUT2D eigenvalue weighted by atomic mass is 10.0. The van der Waals surface area contributed by atoms with E-state index < -0.39 is 54.0 Å². The summed E-state index contributed by atoms with van der Waals surface area (Å²) in [5.41, 5.74) is 8.48. The maximum Gasteiger partial charge on any atom is 0.305 e. The number of aliphatic carboxylic acids is 1. The first-order chi connectivity index (χ1) is 16.5. The van der Waals surface area contributed by atoms with E-state index >= 15 is 0 Å². The predicted molar refractivity (Wildman–Crippen MR) is 130 cm³/mol. The number of halogens is 1. The van der Waals surface area contributed by atoms with Crippen LogP contribution >= 0.6 is 11.6 Å². The number of nitrogens with two attached hydrogens (primary N) is 1. The predicted octanol–water partition coefficient (Wildman–Crippen LogP) is 1.75. The van der Waals surface area contributed by atoms with E-state index in [1.807, 2.05) is 24.3 Å². The zero-order valence-corrected chi connectivity index (χ0v) is 20.5. The van der Waals surface area contributed by atoms with Crippen LogP contribution in [0.25, 0.3) is 10.8 Å². The molecule has 35 heavy (non-hydrogen) atoms. The lowest BCUT2D eigenvalue weighted by Gasteiger charge is -2.32. The summed E-state index contributed by atoms with van der Waals surface area (Å²) in [7, 11) is 0. The molecule has 0 saturated carbocycles. The van der Waals surface area contributed by atoms with Gasteiger partial charge in [0, 0.05) is 5.56 Å². The summed E-state index contributed by atoms with van der Waals surface area (Å²) < 4.78 is 0. The molecule has 0 spiro atoms. The van der Waals surface area contributed by atoms with Crippen molar-refractivity contribution >= 4 is 52.0 Å². The third kappa shape index (κ3) is 7.00. The second kappa shape index (κ2) is 12.3. The quantitative estimate of drug-likeness (QED) is 0.347. The Balaban J connectivity index is 2.40. The smallest absolute Gasteiger partial charge is 0.305 e. The van der Waals surface area contributed by atoms with Crippen LogP contribution in [0.1, 0.15) is 37.6 Å². The van der Waals surface area contributed by atoms with Crippen molar-refractivity contribution in [3.63, 3.8) is 0 Å². The Morgan fingerprint density at radius 3 is 2.23 bits per heavy atom. The molecule has 0 aliphatic rings. The Bertz CT molecular complexity index is 1120. The number of carbonyl (C=O) groups is 5. The summed E-state index contributed by atoms with van der Waals surface area (Å²) in [6, 6.07) is 9.79. The van der Waals surface area contributed by atoms with Crippen LogP contribution in [0.2, 0.25) is 0 Å². The van der Waals surface area contributed by atoms with Crippen LogP contribution in [-0.2, 0) is 19.2 Å². The third-order valence-electron chi connectivity index (χ3n) is 5.43. The van der Waals surface area contributed by atoms with Gasteiger partial charge in [0.05, 0.1) is 19.0 Å². The van der Waals surface area contributed by atoms with E-state index in [-0.39, 0.29) is 18.0 Å². The fourth-order valence-electron chi connectivity index (χ4n) is 3.24. The van der Waals surface area contributed by atoms with Gasteiger partial charge in [-0.15, -0.1) is 11.6 Å². The minimum absolute atomic E-state index is 0.173. The number of carboxylic acids is 1. The second-order valence-corrected chi connectivity index (χ2v) is 8.59. The topological polar surface area (TPSA) is 150 Å². The van der Waals surface area contributed by atoms with Gasteiger partial charge in [-0.25, -0.2) is 0 Å². The van der Waals surface area contributed by atoms with Gasteiger partial charge in [0.15, 0.2) is 0 Å². The molecule has 188 valence electrons. The van der Waals surface area contributed by atoms with Crippen LogP contribution in [0.3, 0.4) is 0 Å². The Morgan fingerprint density at radius 2 is 1.66 bits per heavy atom. The molecule has 0 radical (unpaired) electrons. The van der Waals surface area contributed by atoms with Crippen LogP contribution in [0.5, 0.6) is 0 Å². The lowest BCUT2D eigenvalue weighted by molar-refractivity contribution is -0.146. The molecule has 0 aliphatic heterocycles. The molecule has 2 aromatic carbocycles. The standard InChI is InChI=1S/C24H29ClN4O6/c1-14(2)21(26)24(35)29(23(34)18-9-8-16-6-4-5-7-17(16)12-18)15(3)22(33)27-28(19(30)13-25)11-10-20(31)32/h4-9,12,14-15,21H,10-11,13,26H2,1-3H3,(H,27,33)(H,31,32). The number of amides is 4. The Kier molecular flexibility index (Phi) is 9.73. The molecule has 0 fully saturated rings. The third-order valence-corrected chi connectivity index (χ3v) is 5.66. The highest BCUT2D eigenvalue weighted by Gasteiger charge is 2.36. The minimum Gasteiger partial charge on any atom is -0.481 e. The normalized spacial score (nSPS) is 12.6. The van der Waals surface area contributed by atoms with Gasteiger partial charge in [0.25, 0.3) is 17.7 Å². The maximum absolute atomic E-state index is 13.5. The van der Waals surface area contributed by atoms with Crippen molar-refractivity contribution in [2.75, 3.05) is 12.4 Å². The number of hydrogen-bond donors (Lipinski definition) is 3. The number of carbonyl (C=O) groups excluding carboxylic acids is 4. The van der Waals surface area contributed by atoms with Crippen molar-refractivity contribution < 1.29 is 29.1 Å². The molecule has 11 heteroatoms. The Morgan fingerprint density at radius 1 is 1.03 bits per heavy atom. The first-order valence-electron chi connectivity index (χ1n) is 11.0. The number of nitrogens with one attached hydrogen (secondary N) is 1. The monoisotopic (exact) mass is 504 g/mol. The number of rotatable bonds is 9. The van der Waals surface area contributed by atoms with E-state index in [0.29, 0.717) is 0 Å². The molecule has 0 aliphatic carbocycles. The van der Waals surface area contributed by atoms with Crippen LogP contribution in [-0.4, -0.2) is 69.1 Å². The van der Waals surface area contributed by atoms with Crippen LogP contribution < -0.4 is 11.2 Å². The molecule has 0 aromatic heterocycles. The van der Waals surface area contributed by atoms with Crippen molar-refractivity contribution in [3.05, 3.63) is 48.0 Å². The van der Waals surface area contributed by atoms with Crippen molar-refractivity contribution in [2.45, 2.75) is 39.3 Å². The van der Waals surface area contributed by atoms with Crippen LogP contribution in [0.15, 0.2) is 42.5 Å². The van der Waals surface area contributed by atoms with E-state index in [4.69, 9.17) is 22.4 Å². The van der Waals surface area contributed by atoms with E-state index in [1.54, 1.807) is 32.0 Å². The fourth-order valence-corrected chi connectivity index (χ4v) is 3.38. The Labute approximate surface area is 208 Å². The number of hydrogen-bond acceptors (Lipinski definition) is 6. The van der Waals surface area contributed by atoms with E-state index in [2.05, 4.69) is 5.43 Å². The first-order valence-corrected chi connectivity index (χ1v) is 11.5. The maximum atomic E-state index is 13.5. The lowest BCUT2D eigenvalue weighted by Crippen LogP contribution is -2.59. The minimum atomic E-state index is -1.37.